The van der Waals surface area contributed by atoms with Crippen LogP contribution in [0.2, 0.25) is 0 Å². The number of rotatable bonds is 8. The second-order valence-electron chi connectivity index (χ2n) is 20.7. The highest BCUT2D eigenvalue weighted by Gasteiger charge is 2.27. The summed E-state index contributed by atoms with van der Waals surface area (Å²) in [6, 6.07) is 76.6. The molecule has 2 heteroatoms. The molecule has 0 radical (unpaired) electrons. The molecule has 0 spiro atoms. The Labute approximate surface area is 402 Å². The molecule has 332 valence electrons. The van der Waals surface area contributed by atoms with Crippen molar-refractivity contribution in [3.8, 4) is 22.3 Å². The van der Waals surface area contributed by atoms with Gasteiger partial charge in [-0.25, -0.2) is 0 Å². The molecule has 0 fully saturated rings. The standard InChI is InChI=1S/C66H58N2/c1-65(2,3)51-27-33-53(34-28-51)67(55-31-25-45-17-13-15-23-49(45)41-55)57-37-39-59-61(43-57)63(47-19-9-7-10-20-47)60-40-38-58(44-62(60)64(59)48-21-11-8-12-22-48)68(54-35-29-52(30-36-54)66(4,5)6)56-32-26-46-18-14-16-24-50(46)42-56/h7-29,31-44,52H,30H2,1-6H3. The minimum Gasteiger partial charge on any atom is -0.311 e. The largest absolute Gasteiger partial charge is 0.311 e. The third-order valence-electron chi connectivity index (χ3n) is 14.1. The second kappa shape index (κ2) is 17.2. The number of benzene rings is 10. The maximum absolute atomic E-state index is 2.47. The first-order chi connectivity index (χ1) is 33.0. The van der Waals surface area contributed by atoms with Crippen molar-refractivity contribution in [2.45, 2.75) is 53.4 Å². The summed E-state index contributed by atoms with van der Waals surface area (Å²) in [5.41, 5.74) is 13.2. The van der Waals surface area contributed by atoms with Crippen molar-refractivity contribution in [1.82, 2.24) is 0 Å². The normalized spacial score (nSPS) is 14.1. The second-order valence-corrected chi connectivity index (χ2v) is 20.7. The molecule has 1 unspecified atom stereocenters. The van der Waals surface area contributed by atoms with E-state index in [0.29, 0.717) is 5.92 Å². The summed E-state index contributed by atoms with van der Waals surface area (Å²) in [6.45, 7) is 13.9. The SMILES string of the molecule is CC(C)(C)c1ccc(N(c2ccc3ccccc3c2)c2ccc3c(-c4ccccc4)c4cc(N(C5=CCC(C(C)(C)C)C=C5)c5ccc6ccccc6c5)ccc4c(-c4ccccc4)c3c2)cc1. The van der Waals surface area contributed by atoms with Crippen LogP contribution in [-0.2, 0) is 5.41 Å². The van der Waals surface area contributed by atoms with Crippen LogP contribution in [0.15, 0.2) is 230 Å². The molecule has 68 heavy (non-hydrogen) atoms. The molecule has 1 aliphatic carbocycles. The molecule has 0 saturated carbocycles. The van der Waals surface area contributed by atoms with Crippen molar-refractivity contribution in [2.75, 3.05) is 9.80 Å². The maximum atomic E-state index is 2.47. The Morgan fingerprint density at radius 3 is 1.28 bits per heavy atom. The highest BCUT2D eigenvalue weighted by atomic mass is 15.2. The van der Waals surface area contributed by atoms with Crippen molar-refractivity contribution < 1.29 is 0 Å². The summed E-state index contributed by atoms with van der Waals surface area (Å²) in [6.07, 6.45) is 8.22. The predicted octanol–water partition coefficient (Wildman–Crippen LogP) is 19.0. The zero-order valence-electron chi connectivity index (χ0n) is 40.0. The van der Waals surface area contributed by atoms with E-state index in [2.05, 4.69) is 276 Å². The topological polar surface area (TPSA) is 6.48 Å². The van der Waals surface area contributed by atoms with E-state index < -0.39 is 0 Å². The third-order valence-corrected chi connectivity index (χ3v) is 14.1. The van der Waals surface area contributed by atoms with E-state index in [-0.39, 0.29) is 10.8 Å². The van der Waals surface area contributed by atoms with E-state index in [1.54, 1.807) is 0 Å². The summed E-state index contributed by atoms with van der Waals surface area (Å²) in [5.74, 6) is 0.468. The fraction of sp³-hybridized carbons (Fsp3) is 0.152. The van der Waals surface area contributed by atoms with Gasteiger partial charge in [-0.3, -0.25) is 0 Å². The van der Waals surface area contributed by atoms with Gasteiger partial charge in [0, 0.05) is 34.1 Å². The van der Waals surface area contributed by atoms with E-state index in [1.165, 1.54) is 76.6 Å². The summed E-state index contributed by atoms with van der Waals surface area (Å²) >= 11 is 0. The fourth-order valence-electron chi connectivity index (χ4n) is 10.4. The monoisotopic (exact) mass is 878 g/mol. The molecule has 10 aromatic carbocycles. The van der Waals surface area contributed by atoms with Crippen molar-refractivity contribution in [3.63, 3.8) is 0 Å². The van der Waals surface area contributed by atoms with Gasteiger partial charge >= 0.3 is 0 Å². The predicted molar refractivity (Wildman–Crippen MR) is 294 cm³/mol. The van der Waals surface area contributed by atoms with Gasteiger partial charge in [0.05, 0.1) is 0 Å². The van der Waals surface area contributed by atoms with Crippen LogP contribution in [0.4, 0.5) is 28.4 Å². The fourth-order valence-corrected chi connectivity index (χ4v) is 10.4. The lowest BCUT2D eigenvalue weighted by Crippen LogP contribution is -2.22. The van der Waals surface area contributed by atoms with Crippen molar-refractivity contribution in [3.05, 3.63) is 236 Å². The van der Waals surface area contributed by atoms with Gasteiger partial charge in [-0.15, -0.1) is 0 Å². The maximum Gasteiger partial charge on any atom is 0.0468 e. The first kappa shape index (κ1) is 42.9. The zero-order valence-corrected chi connectivity index (χ0v) is 40.0. The molecule has 0 N–H and O–H groups in total. The molecule has 0 bridgehead atoms. The highest BCUT2D eigenvalue weighted by Crippen LogP contribution is 2.49. The lowest BCUT2D eigenvalue weighted by atomic mass is 9.77. The molecule has 10 aromatic rings. The van der Waals surface area contributed by atoms with Gasteiger partial charge in [0.1, 0.15) is 0 Å². The Morgan fingerprint density at radius 1 is 0.382 bits per heavy atom. The molecule has 0 saturated heterocycles. The van der Waals surface area contributed by atoms with Crippen molar-refractivity contribution in [2.24, 2.45) is 11.3 Å². The molecule has 0 heterocycles. The van der Waals surface area contributed by atoms with E-state index >= 15 is 0 Å². The number of fused-ring (bicyclic) bond motifs is 4. The van der Waals surface area contributed by atoms with Crippen molar-refractivity contribution >= 4 is 71.5 Å². The molecular weight excluding hydrogens is 821 g/mol. The van der Waals surface area contributed by atoms with Gasteiger partial charge in [-0.05, 0) is 161 Å². The van der Waals surface area contributed by atoms with Gasteiger partial charge in [0.2, 0.25) is 0 Å². The molecule has 0 aliphatic heterocycles. The van der Waals surface area contributed by atoms with Crippen LogP contribution in [0.25, 0.3) is 65.3 Å². The molecule has 0 aromatic heterocycles. The molecule has 2 nitrogen and oxygen atoms in total. The van der Waals surface area contributed by atoms with E-state index in [0.717, 1.165) is 34.9 Å². The minimum atomic E-state index is 0.0421. The van der Waals surface area contributed by atoms with Gasteiger partial charge in [0.25, 0.3) is 0 Å². The van der Waals surface area contributed by atoms with Gasteiger partial charge in [-0.1, -0.05) is 199 Å². The Hall–Kier alpha value is -7.68. The average molecular weight is 879 g/mol. The molecule has 1 atom stereocenters. The highest BCUT2D eigenvalue weighted by molar-refractivity contribution is 6.22. The lowest BCUT2D eigenvalue weighted by molar-refractivity contribution is 0.293. The smallest absolute Gasteiger partial charge is 0.0468 e. The molecule has 1 aliphatic rings. The first-order valence-electron chi connectivity index (χ1n) is 24.2. The average Bonchev–Trinajstić information content (AvgIpc) is 3.36. The van der Waals surface area contributed by atoms with Crippen LogP contribution in [0.1, 0.15) is 53.5 Å². The zero-order chi connectivity index (χ0) is 46.6. The van der Waals surface area contributed by atoms with Crippen LogP contribution in [-0.4, -0.2) is 0 Å². The molecule has 11 rings (SSSR count). The van der Waals surface area contributed by atoms with Crippen LogP contribution < -0.4 is 9.80 Å². The summed E-state index contributed by atoms with van der Waals surface area (Å²) < 4.78 is 0. The number of anilines is 5. The minimum absolute atomic E-state index is 0.0421. The summed E-state index contributed by atoms with van der Waals surface area (Å²) in [4.78, 5) is 4.90. The number of hydrogen-bond donors (Lipinski definition) is 0. The molecule has 0 amide bonds. The third kappa shape index (κ3) is 8.05. The van der Waals surface area contributed by atoms with E-state index in [9.17, 15) is 0 Å². The quantitative estimate of drug-likeness (QED) is 0.140. The lowest BCUT2D eigenvalue weighted by Gasteiger charge is -2.33. The Morgan fingerprint density at radius 2 is 0.809 bits per heavy atom. The number of hydrogen-bond acceptors (Lipinski definition) is 2. The van der Waals surface area contributed by atoms with Gasteiger partial charge < -0.3 is 9.80 Å². The molecular formula is C66H58N2. The summed E-state index contributed by atoms with van der Waals surface area (Å²) in [7, 11) is 0. The van der Waals surface area contributed by atoms with Gasteiger partial charge in [0.15, 0.2) is 0 Å². The van der Waals surface area contributed by atoms with Crippen LogP contribution in [0.5, 0.6) is 0 Å². The van der Waals surface area contributed by atoms with Crippen LogP contribution >= 0.6 is 0 Å². The Bertz CT molecular complexity index is 3550. The Kier molecular flexibility index (Phi) is 10.9. The van der Waals surface area contributed by atoms with E-state index in [1.807, 2.05) is 0 Å². The van der Waals surface area contributed by atoms with Crippen LogP contribution in [0, 0.1) is 11.3 Å². The number of allylic oxidation sites excluding steroid dienone is 3. The Balaban J connectivity index is 1.17. The summed E-state index contributed by atoms with van der Waals surface area (Å²) in [5, 5.41) is 9.77. The van der Waals surface area contributed by atoms with Crippen molar-refractivity contribution in [1.29, 1.82) is 0 Å². The van der Waals surface area contributed by atoms with E-state index in [4.69, 9.17) is 0 Å². The van der Waals surface area contributed by atoms with Gasteiger partial charge in [-0.2, -0.15) is 0 Å². The van der Waals surface area contributed by atoms with Crippen LogP contribution in [0.3, 0.4) is 0 Å². The first-order valence-corrected chi connectivity index (χ1v) is 24.2. The number of nitrogens with zero attached hydrogens (tertiary/aromatic N) is 2.